The van der Waals surface area contributed by atoms with Gasteiger partial charge in [-0.05, 0) is 0 Å². The Balaban J connectivity index is -0.0000000793. The van der Waals surface area contributed by atoms with E-state index in [4.69, 9.17) is 0 Å². The van der Waals surface area contributed by atoms with Crippen molar-refractivity contribution in [2.45, 2.75) is 39.8 Å². The van der Waals surface area contributed by atoms with Gasteiger partial charge in [0.2, 0.25) is 0 Å². The van der Waals surface area contributed by atoms with E-state index in [1.54, 1.807) is 0 Å². The van der Waals surface area contributed by atoms with E-state index in [2.05, 4.69) is 51.2 Å². The molecule has 0 nitrogen and oxygen atoms in total. The summed E-state index contributed by atoms with van der Waals surface area (Å²) in [4.78, 5) is 0. The van der Waals surface area contributed by atoms with Gasteiger partial charge in [-0.1, -0.05) is 13.1 Å². The zero-order valence-electron chi connectivity index (χ0n) is 11.6. The summed E-state index contributed by atoms with van der Waals surface area (Å²) in [6.07, 6.45) is 16.5. The molecular weight excluding hydrogens is 325 g/mol. The summed E-state index contributed by atoms with van der Waals surface area (Å²) in [7, 11) is 0.750. The average Bonchev–Trinajstić information content (AvgIpc) is 2.81. The van der Waals surface area contributed by atoms with E-state index in [1.165, 1.54) is 11.1 Å². The van der Waals surface area contributed by atoms with Crippen LogP contribution in [0.3, 0.4) is 0 Å². The molecule has 0 bridgehead atoms. The quantitative estimate of drug-likeness (QED) is 0.454. The first-order valence-electron chi connectivity index (χ1n) is 5.41. The van der Waals surface area contributed by atoms with Crippen molar-refractivity contribution in [2.75, 3.05) is 0 Å². The van der Waals surface area contributed by atoms with Crippen molar-refractivity contribution in [3.8, 4) is 0 Å². The van der Waals surface area contributed by atoms with Crippen molar-refractivity contribution >= 4 is 9.52 Å². The molecule has 2 aliphatic carbocycles. The minimum Gasteiger partial charge on any atom is -0.273 e. The van der Waals surface area contributed by atoms with Gasteiger partial charge in [0.25, 0.3) is 0 Å². The number of halogens is 2. The average molecular weight is 349 g/mol. The molecule has 0 aromatic heterocycles. The maximum absolute atomic E-state index is 3.05. The van der Waals surface area contributed by atoms with Crippen LogP contribution in [0.2, 0.25) is 13.1 Å². The van der Waals surface area contributed by atoms with Crippen LogP contribution in [0.4, 0.5) is 9.41 Å². The van der Waals surface area contributed by atoms with Gasteiger partial charge in [0.15, 0.2) is 0 Å². The van der Waals surface area contributed by atoms with Crippen LogP contribution in [-0.4, -0.2) is 9.52 Å². The Morgan fingerprint density at radius 3 is 1.22 bits per heavy atom. The van der Waals surface area contributed by atoms with Gasteiger partial charge in [-0.3, -0.25) is 21.6 Å². The van der Waals surface area contributed by atoms with Crippen molar-refractivity contribution in [1.82, 2.24) is 0 Å². The van der Waals surface area contributed by atoms with Gasteiger partial charge in [-0.2, -0.15) is 12.2 Å². The molecule has 0 amide bonds. The normalized spacial score (nSPS) is 13.3. The zero-order chi connectivity index (χ0) is 11.5. The van der Waals surface area contributed by atoms with E-state index in [0.29, 0.717) is 0 Å². The molecule has 0 aliphatic heterocycles. The van der Waals surface area contributed by atoms with Crippen LogP contribution in [0, 0.1) is 12.2 Å². The molecule has 2 rings (SSSR count). The molecule has 4 heteroatoms. The minimum absolute atomic E-state index is 0. The van der Waals surface area contributed by atoms with Crippen LogP contribution in [0.5, 0.6) is 0 Å². The summed E-state index contributed by atoms with van der Waals surface area (Å²) in [5.41, 5.74) is 2.69. The van der Waals surface area contributed by atoms with E-state index in [9.17, 15) is 0 Å². The molecule has 0 aromatic rings. The first-order chi connectivity index (χ1) is 7.20. The maximum Gasteiger partial charge on any atom is 2.00 e. The molecule has 0 atom stereocenters. The van der Waals surface area contributed by atoms with Crippen LogP contribution in [0.25, 0.3) is 0 Å². The molecule has 101 valence electrons. The molecule has 0 unspecified atom stereocenters. The second-order valence-corrected chi connectivity index (χ2v) is 4.73. The molecule has 2 aliphatic rings. The Labute approximate surface area is 132 Å². The van der Waals surface area contributed by atoms with Gasteiger partial charge in [0, 0.05) is 9.52 Å². The van der Waals surface area contributed by atoms with Gasteiger partial charge in [-0.25, -0.2) is 23.3 Å². The largest absolute Gasteiger partial charge is 2.00 e. The fraction of sp³-hybridized carbons (Fsp3) is 0.429. The van der Waals surface area contributed by atoms with Gasteiger partial charge in [-0.15, -0.1) is 26.7 Å². The molecule has 0 aromatic carbocycles. The van der Waals surface area contributed by atoms with Crippen LogP contribution in [0.15, 0.2) is 35.5 Å². The van der Waals surface area contributed by atoms with Crippen LogP contribution in [-0.2, 0) is 26.2 Å². The second kappa shape index (κ2) is 19.3. The summed E-state index contributed by atoms with van der Waals surface area (Å²) in [5.74, 6) is 0. The number of hydrogen-bond acceptors (Lipinski definition) is 0. The van der Waals surface area contributed by atoms with Crippen molar-refractivity contribution in [1.29, 1.82) is 0 Å². The zero-order valence-corrected chi connectivity index (χ0v) is 15.2. The van der Waals surface area contributed by atoms with Crippen LogP contribution in [0.1, 0.15) is 26.7 Å². The molecule has 0 saturated carbocycles. The van der Waals surface area contributed by atoms with E-state index in [1.807, 2.05) is 12.2 Å². The van der Waals surface area contributed by atoms with E-state index >= 15 is 0 Å². The van der Waals surface area contributed by atoms with Crippen LogP contribution < -0.4 is 0 Å². The third-order valence-corrected chi connectivity index (χ3v) is 1.74. The Morgan fingerprint density at radius 1 is 0.889 bits per heavy atom. The van der Waals surface area contributed by atoms with Crippen molar-refractivity contribution in [3.05, 3.63) is 47.6 Å². The Morgan fingerprint density at radius 2 is 1.17 bits per heavy atom. The summed E-state index contributed by atoms with van der Waals surface area (Å²) in [5, 5.41) is 0. The fourth-order valence-corrected chi connectivity index (χ4v) is 0.998. The maximum atomic E-state index is 3.05. The van der Waals surface area contributed by atoms with Crippen molar-refractivity contribution < 1.29 is 35.6 Å². The second-order valence-electron chi connectivity index (χ2n) is 3.58. The molecule has 0 saturated heterocycles. The Hall–Kier alpha value is -0.0800. The SMILES string of the molecule is CC1=CC[C-]=C1.CC1=CC[C-]=C1.C[SiH]C.F.F.[Zr+2]. The first kappa shape index (κ1) is 26.5. The predicted molar refractivity (Wildman–Crippen MR) is 76.3 cm³/mol. The summed E-state index contributed by atoms with van der Waals surface area (Å²) in [6.45, 7) is 8.58. The van der Waals surface area contributed by atoms with E-state index in [0.717, 1.165) is 22.4 Å². The predicted octanol–water partition coefficient (Wildman–Crippen LogP) is 4.21. The molecule has 0 N–H and O–H groups in total. The number of allylic oxidation sites excluding steroid dienone is 8. The van der Waals surface area contributed by atoms with Gasteiger partial charge >= 0.3 is 26.2 Å². The number of hydrogen-bond donors (Lipinski definition) is 0. The van der Waals surface area contributed by atoms with Crippen LogP contribution >= 0.6 is 0 Å². The monoisotopic (exact) mass is 347 g/mol. The summed E-state index contributed by atoms with van der Waals surface area (Å²) < 4.78 is 0. The van der Waals surface area contributed by atoms with E-state index in [-0.39, 0.29) is 35.6 Å². The van der Waals surface area contributed by atoms with Gasteiger partial charge < -0.3 is 0 Å². The van der Waals surface area contributed by atoms with Gasteiger partial charge in [0.05, 0.1) is 0 Å². The third kappa shape index (κ3) is 18.3. The molecule has 1 radical (unpaired) electrons. The van der Waals surface area contributed by atoms with E-state index < -0.39 is 0 Å². The number of rotatable bonds is 0. The molecule has 18 heavy (non-hydrogen) atoms. The first-order valence-corrected chi connectivity index (χ1v) is 7.72. The fourth-order valence-electron chi connectivity index (χ4n) is 0.998. The van der Waals surface area contributed by atoms with Crippen molar-refractivity contribution in [2.24, 2.45) is 0 Å². The molecular formula is C14H23F2SiZr. The summed E-state index contributed by atoms with van der Waals surface area (Å²) in [6, 6.07) is 0. The van der Waals surface area contributed by atoms with Gasteiger partial charge in [0.1, 0.15) is 0 Å². The molecule has 0 spiro atoms. The Bertz CT molecular complexity index is 248. The summed E-state index contributed by atoms with van der Waals surface area (Å²) >= 11 is 0. The smallest absolute Gasteiger partial charge is 0.273 e. The topological polar surface area (TPSA) is 0 Å². The standard InChI is InChI=1S/2C6H7.C2H7Si.2FH.Zr/c2*1-6-4-2-3-5-6;1-3-2;;;/h2*4-5H,2H2,1H3;3H,1-2H3;2*1H;/q2*-1;;;;+2. The Kier molecular flexibility index (Phi) is 28.3. The molecule has 0 fully saturated rings. The minimum atomic E-state index is 0. The third-order valence-electron chi connectivity index (χ3n) is 1.74. The van der Waals surface area contributed by atoms with Crippen molar-refractivity contribution in [3.63, 3.8) is 0 Å². The molecule has 0 heterocycles.